The number of H-pyrrole nitrogens is 1. The van der Waals surface area contributed by atoms with Gasteiger partial charge >= 0.3 is 17.9 Å². The number of hydrogen-bond donors (Lipinski definition) is 6. The maximum Gasteiger partial charge on any atom is 0.336 e. The number of carbonyl (C=O) groups is 3. The van der Waals surface area contributed by atoms with Gasteiger partial charge in [0.25, 0.3) is 0 Å². The zero-order valence-corrected chi connectivity index (χ0v) is 24.6. The number of nitrogens with one attached hydrogen (secondary N) is 1. The smallest absolute Gasteiger partial charge is 0.336 e. The molecule has 10 nitrogen and oxygen atoms in total. The highest BCUT2D eigenvalue weighted by Gasteiger charge is 2.52. The molecule has 3 atom stereocenters. The molecule has 3 unspecified atom stereocenters. The third-order valence-electron chi connectivity index (χ3n) is 8.31. The number of carboxylic acid groups (broad SMARTS) is 3. The lowest BCUT2D eigenvalue weighted by molar-refractivity contribution is -0.170. The van der Waals surface area contributed by atoms with Crippen LogP contribution in [0.15, 0.2) is 54.6 Å². The van der Waals surface area contributed by atoms with E-state index in [0.29, 0.717) is 0 Å². The lowest BCUT2D eigenvalue weighted by Gasteiger charge is -2.51. The second-order valence-electron chi connectivity index (χ2n) is 11.5. The van der Waals surface area contributed by atoms with Gasteiger partial charge in [-0.15, -0.1) is 11.8 Å². The molecule has 0 saturated heterocycles. The molecule has 1 saturated carbocycles. The number of thioether (sulfide) groups is 1. The Kier molecular flexibility index (Phi) is 9.36. The number of para-hydroxylation sites is 1. The topological polar surface area (TPSA) is 171 Å². The maximum absolute atomic E-state index is 11.9. The fourth-order valence-electron chi connectivity index (χ4n) is 6.37. The minimum absolute atomic E-state index is 0.0777. The highest BCUT2D eigenvalue weighted by molar-refractivity contribution is 8.00. The van der Waals surface area contributed by atoms with E-state index in [1.165, 1.54) is 22.2 Å². The summed E-state index contributed by atoms with van der Waals surface area (Å²) >= 11 is 2.11. The van der Waals surface area contributed by atoms with Crippen LogP contribution in [0.4, 0.5) is 0 Å². The Hall–Kier alpha value is -3.38. The van der Waals surface area contributed by atoms with Crippen molar-refractivity contribution in [3.63, 3.8) is 0 Å². The number of hydrogen-bond acceptors (Lipinski definition) is 7. The first-order chi connectivity index (χ1) is 19.8. The molecule has 0 radical (unpaired) electrons. The maximum atomic E-state index is 11.9. The Morgan fingerprint density at radius 3 is 2.19 bits per heavy atom. The lowest BCUT2D eigenvalue weighted by Crippen LogP contribution is -2.49. The second kappa shape index (κ2) is 12.5. The molecule has 6 N–H and O–H groups in total. The van der Waals surface area contributed by atoms with E-state index in [1.807, 2.05) is 6.07 Å². The molecule has 42 heavy (non-hydrogen) atoms. The van der Waals surface area contributed by atoms with Crippen LogP contribution in [0.1, 0.15) is 48.9 Å². The van der Waals surface area contributed by atoms with Gasteiger partial charge < -0.3 is 35.4 Å². The Morgan fingerprint density at radius 1 is 0.976 bits per heavy atom. The van der Waals surface area contributed by atoms with Crippen molar-refractivity contribution < 1.29 is 39.9 Å². The summed E-state index contributed by atoms with van der Waals surface area (Å²) in [5.41, 5.74) is 1.76. The molecule has 3 aromatic rings. The van der Waals surface area contributed by atoms with Gasteiger partial charge in [0, 0.05) is 29.1 Å². The number of nitrogens with zero attached hydrogens (tertiary/aromatic N) is 1. The minimum atomic E-state index is -2.74. The predicted octanol–water partition coefficient (Wildman–Crippen LogP) is 3.65. The van der Waals surface area contributed by atoms with E-state index in [1.54, 1.807) is 0 Å². The zero-order chi connectivity index (χ0) is 30.7. The zero-order valence-electron chi connectivity index (χ0n) is 23.7. The molecule has 11 heteroatoms. The molecular formula is C31H38N2O8S. The summed E-state index contributed by atoms with van der Waals surface area (Å²) in [5.74, 6) is -3.67. The quantitative estimate of drug-likeness (QED) is 0.225. The number of aryl methyl sites for hydroxylation is 1. The average Bonchev–Trinajstić information content (AvgIpc) is 3.31. The molecule has 2 aromatic carbocycles. The number of aliphatic hydroxyl groups is 2. The monoisotopic (exact) mass is 598 g/mol. The first-order valence-electron chi connectivity index (χ1n) is 13.9. The molecule has 2 heterocycles. The fourth-order valence-corrected chi connectivity index (χ4v) is 7.95. The first kappa shape index (κ1) is 31.6. The molecule has 5 rings (SSSR count). The van der Waals surface area contributed by atoms with Gasteiger partial charge in [-0.1, -0.05) is 48.5 Å². The van der Waals surface area contributed by atoms with Crippen LogP contribution in [-0.4, -0.2) is 85.3 Å². The molecule has 226 valence electrons. The normalized spacial score (nSPS) is 23.7. The number of benzene rings is 2. The second-order valence-corrected chi connectivity index (χ2v) is 13.0. The van der Waals surface area contributed by atoms with Crippen LogP contribution in [0.2, 0.25) is 0 Å². The van der Waals surface area contributed by atoms with Crippen molar-refractivity contribution in [1.82, 2.24) is 9.88 Å². The molecule has 1 aliphatic heterocycles. The van der Waals surface area contributed by atoms with E-state index in [4.69, 9.17) is 20.4 Å². The van der Waals surface area contributed by atoms with Gasteiger partial charge in [-0.25, -0.2) is 4.79 Å². The van der Waals surface area contributed by atoms with Crippen LogP contribution in [0.3, 0.4) is 0 Å². The van der Waals surface area contributed by atoms with Gasteiger partial charge in [0.05, 0.1) is 23.2 Å². The van der Waals surface area contributed by atoms with Crippen LogP contribution < -0.4 is 0 Å². The van der Waals surface area contributed by atoms with Gasteiger partial charge in [-0.3, -0.25) is 9.59 Å². The Bertz CT molecular complexity index is 1430. The molecular weight excluding hydrogens is 560 g/mol. The van der Waals surface area contributed by atoms with Crippen molar-refractivity contribution in [1.29, 1.82) is 0 Å². The van der Waals surface area contributed by atoms with E-state index < -0.39 is 42.0 Å². The highest BCUT2D eigenvalue weighted by atomic mass is 32.2. The van der Waals surface area contributed by atoms with Crippen LogP contribution >= 0.6 is 11.8 Å². The standard InChI is InChI=1S/C25H30N2OS.C6H8O7/c1-27(2)17-19-16-24(13-14-25(19,28)18-8-4-3-5-9-18)23-21(12-15-29-24)20-10-6-7-11-22(20)26-23;7-3(8)1-6(13,5(11)12)2-4(9)10/h3-11,19,26,28H,12-17H2,1-2H3;13H,1-2H2,(H,7,8)(H,9,10)(H,11,12). The fraction of sp³-hybridized carbons (Fsp3) is 0.452. The Morgan fingerprint density at radius 2 is 1.60 bits per heavy atom. The molecule has 1 fully saturated rings. The van der Waals surface area contributed by atoms with Crippen LogP contribution in [0.5, 0.6) is 0 Å². The van der Waals surface area contributed by atoms with Crippen molar-refractivity contribution in [3.05, 3.63) is 71.4 Å². The number of fused-ring (bicyclic) bond motifs is 4. The van der Waals surface area contributed by atoms with Crippen molar-refractivity contribution in [2.24, 2.45) is 5.92 Å². The number of carboxylic acids is 3. The Labute approximate surface area is 248 Å². The number of aliphatic carboxylic acids is 3. The van der Waals surface area contributed by atoms with Crippen molar-refractivity contribution in [2.75, 3.05) is 26.4 Å². The molecule has 0 bridgehead atoms. The lowest BCUT2D eigenvalue weighted by atomic mass is 9.66. The molecule has 1 aliphatic carbocycles. The summed E-state index contributed by atoms with van der Waals surface area (Å²) < 4.78 is 0.0777. The van der Waals surface area contributed by atoms with Crippen molar-refractivity contribution >= 4 is 40.6 Å². The summed E-state index contributed by atoms with van der Waals surface area (Å²) in [7, 11) is 4.24. The van der Waals surface area contributed by atoms with Gasteiger partial charge in [0.15, 0.2) is 5.60 Å². The van der Waals surface area contributed by atoms with Gasteiger partial charge in [-0.05, 0) is 62.7 Å². The first-order valence-corrected chi connectivity index (χ1v) is 14.8. The summed E-state index contributed by atoms with van der Waals surface area (Å²) in [6.45, 7) is 0.892. The highest BCUT2D eigenvalue weighted by Crippen LogP contribution is 2.58. The van der Waals surface area contributed by atoms with E-state index in [9.17, 15) is 19.5 Å². The number of aromatic amines is 1. The third kappa shape index (κ3) is 6.49. The molecule has 0 amide bonds. The van der Waals surface area contributed by atoms with Crippen molar-refractivity contribution in [3.8, 4) is 0 Å². The van der Waals surface area contributed by atoms with E-state index >= 15 is 0 Å². The number of aromatic nitrogens is 1. The largest absolute Gasteiger partial charge is 0.481 e. The summed E-state index contributed by atoms with van der Waals surface area (Å²) in [4.78, 5) is 36.5. The Balaban J connectivity index is 0.000000266. The van der Waals surface area contributed by atoms with Gasteiger partial charge in [-0.2, -0.15) is 0 Å². The average molecular weight is 599 g/mol. The third-order valence-corrected chi connectivity index (χ3v) is 9.84. The molecule has 1 spiro atoms. The van der Waals surface area contributed by atoms with Crippen molar-refractivity contribution in [2.45, 2.75) is 54.5 Å². The van der Waals surface area contributed by atoms with Crippen LogP contribution in [0.25, 0.3) is 10.9 Å². The SMILES string of the molecule is CN(C)CC1CC2(CCC1(O)c1ccccc1)SCCc1c2[nH]c2ccccc12.O=C(O)CC(O)(CC(=O)O)C(=O)O. The summed E-state index contributed by atoms with van der Waals surface area (Å²) in [6.07, 6.45) is 1.65. The van der Waals surface area contributed by atoms with E-state index in [-0.39, 0.29) is 10.7 Å². The van der Waals surface area contributed by atoms with Gasteiger partial charge in [0.1, 0.15) is 0 Å². The van der Waals surface area contributed by atoms with E-state index in [2.05, 4.69) is 84.3 Å². The van der Waals surface area contributed by atoms with Crippen LogP contribution in [-0.2, 0) is 31.2 Å². The molecule has 2 aliphatic rings. The summed E-state index contributed by atoms with van der Waals surface area (Å²) in [5, 5.41) is 47.1. The molecule has 1 aromatic heterocycles. The van der Waals surface area contributed by atoms with Gasteiger partial charge in [0.2, 0.25) is 0 Å². The number of rotatable bonds is 8. The minimum Gasteiger partial charge on any atom is -0.481 e. The summed E-state index contributed by atoms with van der Waals surface area (Å²) in [6, 6.07) is 19.1. The predicted molar refractivity (Wildman–Crippen MR) is 159 cm³/mol. The van der Waals surface area contributed by atoms with E-state index in [0.717, 1.165) is 43.5 Å². The van der Waals surface area contributed by atoms with Crippen LogP contribution in [0, 0.1) is 5.92 Å².